The summed E-state index contributed by atoms with van der Waals surface area (Å²) in [4.78, 5) is 11.8. The van der Waals surface area contributed by atoms with Crippen LogP contribution in [-0.2, 0) is 4.79 Å². The second-order valence-corrected chi connectivity index (χ2v) is 4.20. The minimum absolute atomic E-state index is 0. The Bertz CT molecular complexity index is 201. The molecule has 2 rings (SSSR count). The fraction of sp³-hybridized carbons (Fsp3) is 0.900. The van der Waals surface area contributed by atoms with Crippen LogP contribution < -0.4 is 16.0 Å². The first-order valence-electron chi connectivity index (χ1n) is 5.61. The van der Waals surface area contributed by atoms with Crippen molar-refractivity contribution in [1.82, 2.24) is 16.0 Å². The molecule has 15 heavy (non-hydrogen) atoms. The van der Waals surface area contributed by atoms with Crippen LogP contribution in [-0.4, -0.2) is 37.6 Å². The molecule has 0 aliphatic carbocycles. The van der Waals surface area contributed by atoms with Crippen LogP contribution in [0.5, 0.6) is 0 Å². The normalized spacial score (nSPS) is 30.7. The Labute approximate surface area is 97.0 Å². The fourth-order valence-electron chi connectivity index (χ4n) is 2.16. The summed E-state index contributed by atoms with van der Waals surface area (Å²) in [6.45, 7) is 2.95. The molecule has 0 aromatic rings. The quantitative estimate of drug-likeness (QED) is 0.631. The molecule has 0 aromatic carbocycles. The van der Waals surface area contributed by atoms with E-state index in [9.17, 15) is 4.79 Å². The lowest BCUT2D eigenvalue weighted by molar-refractivity contribution is -0.124. The fourth-order valence-corrected chi connectivity index (χ4v) is 2.16. The Kier molecular flexibility index (Phi) is 5.36. The van der Waals surface area contributed by atoms with Crippen molar-refractivity contribution in [3.8, 4) is 0 Å². The molecule has 4 nitrogen and oxygen atoms in total. The highest BCUT2D eigenvalue weighted by molar-refractivity contribution is 5.85. The van der Waals surface area contributed by atoms with E-state index in [1.807, 2.05) is 0 Å². The summed E-state index contributed by atoms with van der Waals surface area (Å²) >= 11 is 0. The minimum atomic E-state index is 0. The number of rotatable bonds is 2. The Morgan fingerprint density at radius 1 is 1.20 bits per heavy atom. The van der Waals surface area contributed by atoms with Gasteiger partial charge in [-0.1, -0.05) is 6.42 Å². The number of halogens is 1. The van der Waals surface area contributed by atoms with Crippen LogP contribution in [0.15, 0.2) is 0 Å². The van der Waals surface area contributed by atoms with Crippen molar-refractivity contribution >= 4 is 18.3 Å². The maximum atomic E-state index is 11.8. The molecule has 2 aliphatic heterocycles. The van der Waals surface area contributed by atoms with Crippen molar-refractivity contribution in [2.45, 2.75) is 37.8 Å². The summed E-state index contributed by atoms with van der Waals surface area (Å²) < 4.78 is 0. The van der Waals surface area contributed by atoms with E-state index in [0.29, 0.717) is 6.04 Å². The second kappa shape index (κ2) is 6.30. The number of amides is 1. The summed E-state index contributed by atoms with van der Waals surface area (Å²) in [5.41, 5.74) is 0. The highest BCUT2D eigenvalue weighted by Crippen LogP contribution is 2.07. The van der Waals surface area contributed by atoms with Gasteiger partial charge in [-0.3, -0.25) is 4.79 Å². The van der Waals surface area contributed by atoms with Gasteiger partial charge in [0, 0.05) is 12.6 Å². The molecule has 0 radical (unpaired) electrons. The van der Waals surface area contributed by atoms with Gasteiger partial charge in [-0.2, -0.15) is 0 Å². The lowest BCUT2D eigenvalue weighted by Crippen LogP contribution is -2.50. The van der Waals surface area contributed by atoms with E-state index < -0.39 is 0 Å². The Balaban J connectivity index is 0.00000112. The molecule has 0 bridgehead atoms. The lowest BCUT2D eigenvalue weighted by Gasteiger charge is -2.24. The number of hydrogen-bond donors (Lipinski definition) is 3. The highest BCUT2D eigenvalue weighted by atomic mass is 35.5. The van der Waals surface area contributed by atoms with Crippen molar-refractivity contribution < 1.29 is 4.79 Å². The molecule has 2 unspecified atom stereocenters. The predicted molar refractivity (Wildman–Crippen MR) is 62.3 cm³/mol. The number of nitrogens with one attached hydrogen (secondary N) is 3. The first-order valence-corrected chi connectivity index (χ1v) is 5.61. The van der Waals surface area contributed by atoms with Gasteiger partial charge in [0.1, 0.15) is 0 Å². The lowest BCUT2D eigenvalue weighted by atomic mass is 10.0. The van der Waals surface area contributed by atoms with E-state index in [0.717, 1.165) is 32.5 Å². The maximum Gasteiger partial charge on any atom is 0.237 e. The van der Waals surface area contributed by atoms with Gasteiger partial charge in [0.2, 0.25) is 5.91 Å². The average Bonchev–Trinajstić information content (AvgIpc) is 2.72. The highest BCUT2D eigenvalue weighted by Gasteiger charge is 2.23. The molecule has 2 aliphatic rings. The van der Waals surface area contributed by atoms with Gasteiger partial charge in [-0.05, 0) is 32.4 Å². The molecule has 0 saturated carbocycles. The third-order valence-corrected chi connectivity index (χ3v) is 3.03. The molecular formula is C10H20ClN3O. The Morgan fingerprint density at radius 3 is 2.67 bits per heavy atom. The van der Waals surface area contributed by atoms with Gasteiger partial charge < -0.3 is 16.0 Å². The SMILES string of the molecule is Cl.O=C(NC1CCNC1)C1CCCCN1. The monoisotopic (exact) mass is 233 g/mol. The van der Waals surface area contributed by atoms with Crippen molar-refractivity contribution in [3.63, 3.8) is 0 Å². The maximum absolute atomic E-state index is 11.8. The van der Waals surface area contributed by atoms with Crippen LogP contribution in [0.25, 0.3) is 0 Å². The van der Waals surface area contributed by atoms with E-state index in [2.05, 4.69) is 16.0 Å². The Morgan fingerprint density at radius 2 is 2.07 bits per heavy atom. The number of piperidine rings is 1. The first kappa shape index (κ1) is 12.7. The van der Waals surface area contributed by atoms with Gasteiger partial charge >= 0.3 is 0 Å². The van der Waals surface area contributed by atoms with Crippen molar-refractivity contribution in [1.29, 1.82) is 0 Å². The standard InChI is InChI=1S/C10H19N3O.ClH/c14-10(9-3-1-2-5-12-9)13-8-4-6-11-7-8;/h8-9,11-12H,1-7H2,(H,13,14);1H. The predicted octanol–water partition coefficient (Wildman–Crippen LogP) is 0.0284. The van der Waals surface area contributed by atoms with Crippen LogP contribution in [0.3, 0.4) is 0 Å². The Hall–Kier alpha value is -0.320. The summed E-state index contributed by atoms with van der Waals surface area (Å²) in [6, 6.07) is 0.413. The average molecular weight is 234 g/mol. The van der Waals surface area contributed by atoms with Crippen LogP contribution in [0.1, 0.15) is 25.7 Å². The van der Waals surface area contributed by atoms with E-state index in [4.69, 9.17) is 0 Å². The van der Waals surface area contributed by atoms with E-state index in [1.54, 1.807) is 0 Å². The number of carbonyl (C=O) groups excluding carboxylic acids is 1. The molecule has 5 heteroatoms. The summed E-state index contributed by atoms with van der Waals surface area (Å²) in [6.07, 6.45) is 4.44. The van der Waals surface area contributed by atoms with Crippen LogP contribution in [0.4, 0.5) is 0 Å². The first-order chi connectivity index (χ1) is 6.86. The van der Waals surface area contributed by atoms with Crippen LogP contribution in [0, 0.1) is 0 Å². The van der Waals surface area contributed by atoms with Crippen molar-refractivity contribution in [2.24, 2.45) is 0 Å². The molecule has 1 amide bonds. The van der Waals surface area contributed by atoms with Gasteiger partial charge in [0.15, 0.2) is 0 Å². The van der Waals surface area contributed by atoms with Gasteiger partial charge in [-0.15, -0.1) is 12.4 Å². The third kappa shape index (κ3) is 3.63. The molecule has 88 valence electrons. The zero-order chi connectivity index (χ0) is 9.80. The molecule has 2 atom stereocenters. The third-order valence-electron chi connectivity index (χ3n) is 3.03. The van der Waals surface area contributed by atoms with Gasteiger partial charge in [0.05, 0.1) is 6.04 Å². The van der Waals surface area contributed by atoms with E-state index >= 15 is 0 Å². The summed E-state index contributed by atoms with van der Waals surface area (Å²) in [7, 11) is 0. The van der Waals surface area contributed by atoms with Crippen LogP contribution >= 0.6 is 12.4 Å². The van der Waals surface area contributed by atoms with Gasteiger partial charge in [-0.25, -0.2) is 0 Å². The smallest absolute Gasteiger partial charge is 0.237 e. The number of hydrogen-bond acceptors (Lipinski definition) is 3. The van der Waals surface area contributed by atoms with Crippen molar-refractivity contribution in [2.75, 3.05) is 19.6 Å². The molecule has 2 saturated heterocycles. The van der Waals surface area contributed by atoms with Gasteiger partial charge in [0.25, 0.3) is 0 Å². The van der Waals surface area contributed by atoms with E-state index in [1.165, 1.54) is 12.8 Å². The second-order valence-electron chi connectivity index (χ2n) is 4.20. The van der Waals surface area contributed by atoms with Crippen LogP contribution in [0.2, 0.25) is 0 Å². The molecule has 0 spiro atoms. The molecular weight excluding hydrogens is 214 g/mol. The van der Waals surface area contributed by atoms with E-state index in [-0.39, 0.29) is 24.4 Å². The zero-order valence-electron chi connectivity index (χ0n) is 8.92. The number of carbonyl (C=O) groups is 1. The topological polar surface area (TPSA) is 53.2 Å². The molecule has 3 N–H and O–H groups in total. The summed E-state index contributed by atoms with van der Waals surface area (Å²) in [5.74, 6) is 0.193. The minimum Gasteiger partial charge on any atom is -0.351 e. The van der Waals surface area contributed by atoms with Crippen molar-refractivity contribution in [3.05, 3.63) is 0 Å². The molecule has 2 fully saturated rings. The zero-order valence-corrected chi connectivity index (χ0v) is 9.74. The molecule has 2 heterocycles. The largest absolute Gasteiger partial charge is 0.351 e. The molecule has 0 aromatic heterocycles. The summed E-state index contributed by atoms with van der Waals surface area (Å²) in [5, 5.41) is 9.59.